The van der Waals surface area contributed by atoms with Crippen LogP contribution in [0.3, 0.4) is 0 Å². The molecule has 1 amide bonds. The molecule has 1 aromatic carbocycles. The summed E-state index contributed by atoms with van der Waals surface area (Å²) in [5.41, 5.74) is 9.96. The predicted octanol–water partition coefficient (Wildman–Crippen LogP) is 4.22. The summed E-state index contributed by atoms with van der Waals surface area (Å²) in [6.07, 6.45) is 0.700. The number of carbonyl (C=O) groups excluding carboxylic acids is 1. The summed E-state index contributed by atoms with van der Waals surface area (Å²) >= 11 is 17.9. The van der Waals surface area contributed by atoms with Crippen LogP contribution in [-0.2, 0) is 0 Å². The van der Waals surface area contributed by atoms with Crippen LogP contribution in [0.2, 0.25) is 15.2 Å². The first-order valence-electron chi connectivity index (χ1n) is 7.58. The number of aromatic nitrogens is 1. The number of rotatable bonds is 5. The van der Waals surface area contributed by atoms with E-state index in [1.807, 2.05) is 30.3 Å². The number of pyridine rings is 1. The number of halogens is 3. The zero-order valence-electron chi connectivity index (χ0n) is 13.7. The molecule has 0 radical (unpaired) electrons. The van der Waals surface area contributed by atoms with Gasteiger partial charge in [-0.1, -0.05) is 67.4 Å². The number of nitrogen functional groups attached to an aromatic ring is 1. The molecule has 1 aromatic heterocycles. The van der Waals surface area contributed by atoms with Crippen molar-refractivity contribution in [3.8, 4) is 0 Å². The summed E-state index contributed by atoms with van der Waals surface area (Å²) in [4.78, 5) is 15.0. The Balaban J connectivity index is 2.30. The van der Waals surface area contributed by atoms with Gasteiger partial charge in [0.15, 0.2) is 0 Å². The molecule has 0 aliphatic heterocycles. The SMILES string of the molecule is CC(C)C/C(=N/NC(=O)c1[nH+]c(Cl)c(Cl)c(N)c1Cl)c1ccccc1. The number of hydrogen-bond donors (Lipinski definition) is 2. The first-order chi connectivity index (χ1) is 11.8. The van der Waals surface area contributed by atoms with E-state index in [0.29, 0.717) is 12.3 Å². The minimum absolute atomic E-state index is 0.00530. The highest BCUT2D eigenvalue weighted by molar-refractivity contribution is 6.45. The van der Waals surface area contributed by atoms with Gasteiger partial charge in [-0.2, -0.15) is 10.1 Å². The number of nitrogens with zero attached hydrogens (tertiary/aromatic N) is 1. The van der Waals surface area contributed by atoms with Crippen molar-refractivity contribution in [3.05, 3.63) is 56.8 Å². The zero-order chi connectivity index (χ0) is 18.6. The van der Waals surface area contributed by atoms with Crippen LogP contribution in [0, 0.1) is 5.92 Å². The van der Waals surface area contributed by atoms with Gasteiger partial charge in [0.05, 0.1) is 11.4 Å². The van der Waals surface area contributed by atoms with E-state index >= 15 is 0 Å². The van der Waals surface area contributed by atoms with Crippen molar-refractivity contribution in [2.45, 2.75) is 20.3 Å². The number of nitrogens with two attached hydrogens (primary N) is 1. The van der Waals surface area contributed by atoms with Crippen molar-refractivity contribution in [3.63, 3.8) is 0 Å². The van der Waals surface area contributed by atoms with Gasteiger partial charge in [0, 0.05) is 0 Å². The third-order valence-corrected chi connectivity index (χ3v) is 4.51. The van der Waals surface area contributed by atoms with E-state index in [1.165, 1.54) is 0 Å². The Labute approximate surface area is 161 Å². The third kappa shape index (κ3) is 4.84. The van der Waals surface area contributed by atoms with Gasteiger partial charge in [0.1, 0.15) is 10.0 Å². The lowest BCUT2D eigenvalue weighted by atomic mass is 10.0. The lowest BCUT2D eigenvalue weighted by Gasteiger charge is -2.09. The van der Waals surface area contributed by atoms with E-state index in [2.05, 4.69) is 29.4 Å². The summed E-state index contributed by atoms with van der Waals surface area (Å²) in [5.74, 6) is -0.195. The van der Waals surface area contributed by atoms with Crippen LogP contribution in [0.5, 0.6) is 0 Å². The molecule has 1 heterocycles. The first-order valence-corrected chi connectivity index (χ1v) is 8.72. The molecule has 0 bridgehead atoms. The molecule has 0 saturated carbocycles. The Morgan fingerprint density at radius 1 is 1.20 bits per heavy atom. The van der Waals surface area contributed by atoms with Crippen molar-refractivity contribution in [2.24, 2.45) is 11.0 Å². The second kappa shape index (κ2) is 8.52. The summed E-state index contributed by atoms with van der Waals surface area (Å²) in [6, 6.07) is 9.62. The highest BCUT2D eigenvalue weighted by atomic mass is 35.5. The van der Waals surface area contributed by atoms with Crippen LogP contribution >= 0.6 is 34.8 Å². The Bertz CT molecular complexity index is 807. The molecule has 0 aliphatic rings. The van der Waals surface area contributed by atoms with E-state index in [-0.39, 0.29) is 26.6 Å². The first kappa shape index (κ1) is 19.5. The molecule has 2 rings (SSSR count). The van der Waals surface area contributed by atoms with Crippen LogP contribution in [0.25, 0.3) is 0 Å². The monoisotopic (exact) mass is 399 g/mol. The number of nitrogens with one attached hydrogen (secondary N) is 2. The highest BCUT2D eigenvalue weighted by Gasteiger charge is 2.26. The van der Waals surface area contributed by atoms with E-state index in [1.54, 1.807) is 0 Å². The van der Waals surface area contributed by atoms with Crippen LogP contribution in [-0.4, -0.2) is 11.6 Å². The van der Waals surface area contributed by atoms with E-state index in [9.17, 15) is 4.79 Å². The second-order valence-corrected chi connectivity index (χ2v) is 6.95. The van der Waals surface area contributed by atoms with Crippen LogP contribution in [0.1, 0.15) is 36.3 Å². The maximum Gasteiger partial charge on any atom is 0.337 e. The van der Waals surface area contributed by atoms with Crippen molar-refractivity contribution in [1.29, 1.82) is 0 Å². The number of amides is 1. The standard InChI is InChI=1S/C17H17Cl3N4O/c1-9(2)8-11(10-6-4-3-5-7-10)23-24-17(25)15-12(18)14(21)13(19)16(20)22-15/h3-7,9H,8H2,1-2H3,(H2,21,22)(H,24,25)/p+1/b23-11-. The Hall–Kier alpha value is -1.82. The minimum Gasteiger partial charge on any atom is -0.396 e. The fourth-order valence-corrected chi connectivity index (χ4v) is 2.76. The Morgan fingerprint density at radius 3 is 2.44 bits per heavy atom. The average Bonchev–Trinajstić information content (AvgIpc) is 2.60. The molecule has 2 aromatic rings. The zero-order valence-corrected chi connectivity index (χ0v) is 16.0. The molecule has 0 aliphatic carbocycles. The molecular weight excluding hydrogens is 383 g/mol. The maximum absolute atomic E-state index is 12.4. The fraction of sp³-hybridized carbons (Fsp3) is 0.235. The predicted molar refractivity (Wildman–Crippen MR) is 102 cm³/mol. The second-order valence-electron chi connectivity index (χ2n) is 5.82. The molecule has 0 saturated heterocycles. The molecule has 25 heavy (non-hydrogen) atoms. The van der Waals surface area contributed by atoms with Crippen LogP contribution in [0.4, 0.5) is 5.69 Å². The Morgan fingerprint density at radius 2 is 1.84 bits per heavy atom. The number of aromatic amines is 1. The highest BCUT2D eigenvalue weighted by Crippen LogP contribution is 2.31. The van der Waals surface area contributed by atoms with Crippen LogP contribution in [0.15, 0.2) is 35.4 Å². The molecule has 132 valence electrons. The quantitative estimate of drug-likeness (QED) is 0.447. The normalized spacial score (nSPS) is 11.7. The minimum atomic E-state index is -0.563. The summed E-state index contributed by atoms with van der Waals surface area (Å²) < 4.78 is 0. The molecule has 8 heteroatoms. The van der Waals surface area contributed by atoms with E-state index < -0.39 is 5.91 Å². The molecular formula is C17H18Cl3N4O+. The number of H-pyrrole nitrogens is 1. The number of carbonyl (C=O) groups is 1. The summed E-state index contributed by atoms with van der Waals surface area (Å²) in [5, 5.41) is 4.34. The molecule has 0 fully saturated rings. The van der Waals surface area contributed by atoms with Gasteiger partial charge in [-0.3, -0.25) is 4.79 Å². The lowest BCUT2D eigenvalue weighted by Crippen LogP contribution is -2.29. The Kier molecular flexibility index (Phi) is 6.64. The van der Waals surface area contributed by atoms with Crippen molar-refractivity contribution >= 4 is 52.1 Å². The molecule has 0 spiro atoms. The lowest BCUT2D eigenvalue weighted by molar-refractivity contribution is -0.379. The van der Waals surface area contributed by atoms with E-state index in [4.69, 9.17) is 40.5 Å². The molecule has 4 N–H and O–H groups in total. The van der Waals surface area contributed by atoms with Gasteiger partial charge < -0.3 is 5.73 Å². The van der Waals surface area contributed by atoms with Crippen molar-refractivity contribution in [1.82, 2.24) is 5.43 Å². The number of hydrogen-bond acceptors (Lipinski definition) is 3. The third-order valence-electron chi connectivity index (χ3n) is 3.35. The average molecular weight is 401 g/mol. The number of hydrazone groups is 1. The van der Waals surface area contributed by atoms with Gasteiger partial charge in [-0.25, -0.2) is 5.43 Å². The molecule has 0 atom stereocenters. The smallest absolute Gasteiger partial charge is 0.337 e. The summed E-state index contributed by atoms with van der Waals surface area (Å²) in [7, 11) is 0. The van der Waals surface area contributed by atoms with E-state index in [0.717, 1.165) is 11.3 Å². The summed E-state index contributed by atoms with van der Waals surface area (Å²) in [6.45, 7) is 4.15. The topological polar surface area (TPSA) is 81.6 Å². The number of anilines is 1. The molecule has 5 nitrogen and oxygen atoms in total. The van der Waals surface area contributed by atoms with Gasteiger partial charge >= 0.3 is 5.91 Å². The molecule has 0 unspecified atom stereocenters. The maximum atomic E-state index is 12.4. The number of benzene rings is 1. The van der Waals surface area contributed by atoms with Crippen molar-refractivity contribution < 1.29 is 9.78 Å². The fourth-order valence-electron chi connectivity index (χ4n) is 2.14. The van der Waals surface area contributed by atoms with Gasteiger partial charge in [-0.15, -0.1) is 0 Å². The van der Waals surface area contributed by atoms with Crippen LogP contribution < -0.4 is 16.1 Å². The van der Waals surface area contributed by atoms with Gasteiger partial charge in [0.25, 0.3) is 10.8 Å². The largest absolute Gasteiger partial charge is 0.396 e. The van der Waals surface area contributed by atoms with Gasteiger partial charge in [-0.05, 0) is 29.5 Å². The van der Waals surface area contributed by atoms with Gasteiger partial charge in [0.2, 0.25) is 0 Å². The van der Waals surface area contributed by atoms with Crippen molar-refractivity contribution in [2.75, 3.05) is 5.73 Å².